The van der Waals surface area contributed by atoms with Crippen molar-refractivity contribution in [1.29, 1.82) is 0 Å². The third-order valence-electron chi connectivity index (χ3n) is 4.00. The zero-order valence-electron chi connectivity index (χ0n) is 12.7. The van der Waals surface area contributed by atoms with E-state index in [-0.39, 0.29) is 11.6 Å². The molecule has 0 aliphatic carbocycles. The molecule has 7 nitrogen and oxygen atoms in total. The lowest BCUT2D eigenvalue weighted by molar-refractivity contribution is -0.384. The van der Waals surface area contributed by atoms with Gasteiger partial charge in [-0.1, -0.05) is 12.1 Å². The molecule has 1 fully saturated rings. The largest absolute Gasteiger partial charge is 0.379 e. The number of benzene rings is 1. The van der Waals surface area contributed by atoms with Crippen LogP contribution < -0.4 is 10.6 Å². The molecular formula is C15H22N4O3. The topological polar surface area (TPSA) is 87.5 Å². The van der Waals surface area contributed by atoms with E-state index in [1.165, 1.54) is 6.07 Å². The van der Waals surface area contributed by atoms with E-state index in [0.717, 1.165) is 25.9 Å². The molecule has 1 heterocycles. The van der Waals surface area contributed by atoms with E-state index < -0.39 is 4.92 Å². The maximum atomic E-state index is 12.2. The Bertz CT molecular complexity index is 529. The fourth-order valence-electron chi connectivity index (χ4n) is 2.66. The molecule has 1 aromatic carbocycles. The lowest BCUT2D eigenvalue weighted by atomic mass is 10.1. The number of nitrogens with one attached hydrogen (secondary N) is 2. The van der Waals surface area contributed by atoms with Crippen molar-refractivity contribution >= 4 is 17.3 Å². The minimum atomic E-state index is -0.425. The molecule has 2 N–H and O–H groups in total. The number of nitrogens with zero attached hydrogens (tertiary/aromatic N) is 2. The zero-order valence-corrected chi connectivity index (χ0v) is 12.7. The lowest BCUT2D eigenvalue weighted by Crippen LogP contribution is -2.44. The minimum absolute atomic E-state index is 0.0293. The molecule has 1 aliphatic heterocycles. The Morgan fingerprint density at radius 1 is 1.41 bits per heavy atom. The number of piperidine rings is 1. The lowest BCUT2D eigenvalue weighted by Gasteiger charge is -2.31. The van der Waals surface area contributed by atoms with Gasteiger partial charge in [-0.2, -0.15) is 0 Å². The van der Waals surface area contributed by atoms with Gasteiger partial charge in [0, 0.05) is 32.1 Å². The Morgan fingerprint density at radius 3 is 2.77 bits per heavy atom. The van der Waals surface area contributed by atoms with Gasteiger partial charge in [-0.3, -0.25) is 14.9 Å². The number of hydrogen-bond donors (Lipinski definition) is 2. The number of nitro groups is 1. The molecule has 1 saturated heterocycles. The maximum Gasteiger partial charge on any atom is 0.292 e. The monoisotopic (exact) mass is 306 g/mol. The minimum Gasteiger partial charge on any atom is -0.379 e. The number of hydrogen-bond acceptors (Lipinski definition) is 5. The highest BCUT2D eigenvalue weighted by Gasteiger charge is 2.21. The van der Waals surface area contributed by atoms with Crippen molar-refractivity contribution < 1.29 is 9.72 Å². The highest BCUT2D eigenvalue weighted by molar-refractivity contribution is 5.77. The second-order valence-electron chi connectivity index (χ2n) is 5.44. The van der Waals surface area contributed by atoms with Crippen LogP contribution in [0.5, 0.6) is 0 Å². The number of anilines is 1. The van der Waals surface area contributed by atoms with Gasteiger partial charge in [-0.05, 0) is 32.0 Å². The van der Waals surface area contributed by atoms with Gasteiger partial charge in [0.1, 0.15) is 5.69 Å². The normalized spacial score (nSPS) is 15.3. The average molecular weight is 306 g/mol. The van der Waals surface area contributed by atoms with Gasteiger partial charge in [0.2, 0.25) is 5.91 Å². The first kappa shape index (κ1) is 16.2. The van der Waals surface area contributed by atoms with Gasteiger partial charge in [-0.15, -0.1) is 0 Å². The Balaban J connectivity index is 1.83. The highest BCUT2D eigenvalue weighted by Crippen LogP contribution is 2.23. The van der Waals surface area contributed by atoms with Crippen LogP contribution in [-0.2, 0) is 4.79 Å². The molecule has 1 aliphatic rings. The van der Waals surface area contributed by atoms with E-state index in [1.54, 1.807) is 18.2 Å². The van der Waals surface area contributed by atoms with Crippen LogP contribution in [0.15, 0.2) is 24.3 Å². The number of para-hydroxylation sites is 2. The van der Waals surface area contributed by atoms with Crippen molar-refractivity contribution in [3.8, 4) is 0 Å². The predicted octanol–water partition coefficient (Wildman–Crippen LogP) is 1.61. The summed E-state index contributed by atoms with van der Waals surface area (Å²) in [6.07, 6.45) is 2.27. The Kier molecular flexibility index (Phi) is 5.71. The van der Waals surface area contributed by atoms with Gasteiger partial charge in [-0.25, -0.2) is 0 Å². The van der Waals surface area contributed by atoms with E-state index >= 15 is 0 Å². The second kappa shape index (κ2) is 7.74. The summed E-state index contributed by atoms with van der Waals surface area (Å²) >= 11 is 0. The Labute approximate surface area is 129 Å². The van der Waals surface area contributed by atoms with Gasteiger partial charge in [0.25, 0.3) is 5.69 Å². The average Bonchev–Trinajstić information content (AvgIpc) is 2.55. The van der Waals surface area contributed by atoms with E-state index in [0.29, 0.717) is 24.7 Å². The molecule has 1 amide bonds. The predicted molar refractivity (Wildman–Crippen MR) is 84.9 cm³/mol. The van der Waals surface area contributed by atoms with Crippen LogP contribution >= 0.6 is 0 Å². The van der Waals surface area contributed by atoms with Gasteiger partial charge >= 0.3 is 0 Å². The molecule has 0 radical (unpaired) electrons. The second-order valence-corrected chi connectivity index (χ2v) is 5.44. The zero-order chi connectivity index (χ0) is 15.9. The van der Waals surface area contributed by atoms with Crippen molar-refractivity contribution in [3.05, 3.63) is 34.4 Å². The SMILES string of the molecule is CN(C(=O)CCNc1ccccc1[N+](=O)[O-])C1CCNCC1. The first-order valence-corrected chi connectivity index (χ1v) is 7.53. The molecule has 0 spiro atoms. The molecule has 22 heavy (non-hydrogen) atoms. The van der Waals surface area contributed by atoms with Crippen molar-refractivity contribution in [2.45, 2.75) is 25.3 Å². The summed E-state index contributed by atoms with van der Waals surface area (Å²) in [5.74, 6) is 0.0676. The first-order valence-electron chi connectivity index (χ1n) is 7.53. The smallest absolute Gasteiger partial charge is 0.292 e. The van der Waals surface area contributed by atoms with E-state index in [9.17, 15) is 14.9 Å². The molecule has 1 aromatic rings. The number of nitro benzene ring substituents is 1. The third-order valence-corrected chi connectivity index (χ3v) is 4.00. The Hall–Kier alpha value is -2.15. The van der Waals surface area contributed by atoms with Crippen molar-refractivity contribution in [2.24, 2.45) is 0 Å². The molecular weight excluding hydrogens is 284 g/mol. The van der Waals surface area contributed by atoms with Crippen molar-refractivity contribution in [1.82, 2.24) is 10.2 Å². The number of rotatable bonds is 6. The van der Waals surface area contributed by atoms with Crippen molar-refractivity contribution in [2.75, 3.05) is 32.0 Å². The highest BCUT2D eigenvalue weighted by atomic mass is 16.6. The van der Waals surface area contributed by atoms with Crippen LogP contribution in [0.3, 0.4) is 0 Å². The fraction of sp³-hybridized carbons (Fsp3) is 0.533. The Morgan fingerprint density at radius 2 is 2.09 bits per heavy atom. The van der Waals surface area contributed by atoms with Crippen LogP contribution in [0, 0.1) is 10.1 Å². The van der Waals surface area contributed by atoms with Gasteiger partial charge in [0.05, 0.1) is 4.92 Å². The third kappa shape index (κ3) is 4.17. The molecule has 0 saturated carbocycles. The van der Waals surface area contributed by atoms with Crippen LogP contribution in [0.4, 0.5) is 11.4 Å². The molecule has 0 bridgehead atoms. The van der Waals surface area contributed by atoms with Crippen LogP contribution in [0.1, 0.15) is 19.3 Å². The number of carbonyl (C=O) groups excluding carboxylic acids is 1. The molecule has 2 rings (SSSR count). The van der Waals surface area contributed by atoms with Crippen LogP contribution in [-0.4, -0.2) is 48.5 Å². The summed E-state index contributed by atoms with van der Waals surface area (Å²) in [5.41, 5.74) is 0.478. The fourth-order valence-corrected chi connectivity index (χ4v) is 2.66. The summed E-state index contributed by atoms with van der Waals surface area (Å²) in [6, 6.07) is 6.75. The van der Waals surface area contributed by atoms with Crippen LogP contribution in [0.25, 0.3) is 0 Å². The van der Waals surface area contributed by atoms with E-state index in [1.807, 2.05) is 11.9 Å². The summed E-state index contributed by atoms with van der Waals surface area (Å²) in [6.45, 7) is 2.27. The quantitative estimate of drug-likeness (QED) is 0.616. The standard InChI is InChI=1S/C15H22N4O3/c1-18(12-6-9-16-10-7-12)15(20)8-11-17-13-4-2-3-5-14(13)19(21)22/h2-5,12,16-17H,6-11H2,1H3. The summed E-state index contributed by atoms with van der Waals surface area (Å²) < 4.78 is 0. The van der Waals surface area contributed by atoms with Gasteiger partial charge < -0.3 is 15.5 Å². The number of carbonyl (C=O) groups is 1. The molecule has 0 aromatic heterocycles. The van der Waals surface area contributed by atoms with Crippen molar-refractivity contribution in [3.63, 3.8) is 0 Å². The number of amides is 1. The molecule has 120 valence electrons. The van der Waals surface area contributed by atoms with E-state index in [4.69, 9.17) is 0 Å². The summed E-state index contributed by atoms with van der Waals surface area (Å²) in [5, 5.41) is 17.2. The summed E-state index contributed by atoms with van der Waals surface area (Å²) in [7, 11) is 1.84. The molecule has 7 heteroatoms. The maximum absolute atomic E-state index is 12.2. The van der Waals surface area contributed by atoms with Gasteiger partial charge in [0.15, 0.2) is 0 Å². The first-order chi connectivity index (χ1) is 10.6. The van der Waals surface area contributed by atoms with Crippen LogP contribution in [0.2, 0.25) is 0 Å². The molecule has 0 unspecified atom stereocenters. The summed E-state index contributed by atoms with van der Waals surface area (Å²) in [4.78, 5) is 24.5. The molecule has 0 atom stereocenters. The van der Waals surface area contributed by atoms with E-state index in [2.05, 4.69) is 10.6 Å².